The first kappa shape index (κ1) is 22.6. The van der Waals surface area contributed by atoms with E-state index >= 15 is 0 Å². The third-order valence-electron chi connectivity index (χ3n) is 5.41. The van der Waals surface area contributed by atoms with Crippen molar-refractivity contribution in [2.45, 2.75) is 26.3 Å². The van der Waals surface area contributed by atoms with Gasteiger partial charge in [-0.15, -0.1) is 11.3 Å². The maximum Gasteiger partial charge on any atom is 0.324 e. The molecule has 0 aliphatic heterocycles. The number of primary amides is 1. The van der Waals surface area contributed by atoms with Crippen molar-refractivity contribution in [3.05, 3.63) is 81.8 Å². The standard InChI is InChI=1S/C25H23Cl2N3OS/c1-14(2)17-8-5-6-15(13-28)23(17)30(25(29)31)24-22(18-7-3-4-9-20(18)27)19-12-16(26)10-11-21(19)32-24/h3-12,14H,13,28H2,1-2H3,(H2,29,31). The van der Waals surface area contributed by atoms with Gasteiger partial charge in [0.1, 0.15) is 5.00 Å². The fourth-order valence-electron chi connectivity index (χ4n) is 3.96. The molecule has 0 saturated heterocycles. The molecule has 0 saturated carbocycles. The molecule has 164 valence electrons. The average molecular weight is 484 g/mol. The van der Waals surface area contributed by atoms with Gasteiger partial charge in [-0.05, 0) is 41.3 Å². The smallest absolute Gasteiger partial charge is 0.324 e. The van der Waals surface area contributed by atoms with Crippen LogP contribution in [-0.4, -0.2) is 6.03 Å². The van der Waals surface area contributed by atoms with Crippen LogP contribution in [0.25, 0.3) is 21.2 Å². The summed E-state index contributed by atoms with van der Waals surface area (Å²) in [5, 5.41) is 2.78. The molecule has 4 aromatic rings. The molecule has 1 heterocycles. The summed E-state index contributed by atoms with van der Waals surface area (Å²) in [4.78, 5) is 14.6. The van der Waals surface area contributed by atoms with Crippen LogP contribution in [0, 0.1) is 0 Å². The van der Waals surface area contributed by atoms with Gasteiger partial charge in [0.15, 0.2) is 0 Å². The second-order valence-corrected chi connectivity index (χ2v) is 9.66. The molecule has 3 aromatic carbocycles. The summed E-state index contributed by atoms with van der Waals surface area (Å²) in [5.41, 5.74) is 16.3. The van der Waals surface area contributed by atoms with Gasteiger partial charge in [0.2, 0.25) is 0 Å². The van der Waals surface area contributed by atoms with Gasteiger partial charge in [-0.3, -0.25) is 4.90 Å². The Balaban J connectivity index is 2.12. The summed E-state index contributed by atoms with van der Waals surface area (Å²) in [5.74, 6) is 0.158. The van der Waals surface area contributed by atoms with Gasteiger partial charge in [0.25, 0.3) is 0 Å². The Bertz CT molecular complexity index is 1320. The van der Waals surface area contributed by atoms with Gasteiger partial charge in [0, 0.05) is 37.8 Å². The first-order valence-electron chi connectivity index (χ1n) is 10.2. The number of nitrogens with two attached hydrogens (primary N) is 2. The minimum atomic E-state index is -0.584. The Labute approximate surface area is 201 Å². The van der Waals surface area contributed by atoms with Gasteiger partial charge in [-0.2, -0.15) is 0 Å². The van der Waals surface area contributed by atoms with Gasteiger partial charge in [0.05, 0.1) is 5.69 Å². The van der Waals surface area contributed by atoms with Crippen molar-refractivity contribution in [1.82, 2.24) is 0 Å². The van der Waals surface area contributed by atoms with Crippen LogP contribution in [0.1, 0.15) is 30.9 Å². The van der Waals surface area contributed by atoms with Crippen LogP contribution < -0.4 is 16.4 Å². The van der Waals surface area contributed by atoms with Crippen molar-refractivity contribution in [1.29, 1.82) is 0 Å². The lowest BCUT2D eigenvalue weighted by Gasteiger charge is -2.27. The van der Waals surface area contributed by atoms with E-state index in [0.717, 1.165) is 38.0 Å². The SMILES string of the molecule is CC(C)c1cccc(CN)c1N(C(N)=O)c1sc2ccc(Cl)cc2c1-c1ccccc1Cl. The minimum absolute atomic E-state index is 0.158. The molecule has 0 spiro atoms. The third kappa shape index (κ3) is 3.97. The molecule has 0 atom stereocenters. The summed E-state index contributed by atoms with van der Waals surface area (Å²) in [6.07, 6.45) is 0. The van der Waals surface area contributed by atoms with E-state index in [1.165, 1.54) is 11.3 Å². The van der Waals surface area contributed by atoms with E-state index in [9.17, 15) is 4.79 Å². The molecule has 0 aliphatic rings. The summed E-state index contributed by atoms with van der Waals surface area (Å²) in [6, 6.07) is 18.5. The molecule has 32 heavy (non-hydrogen) atoms. The highest BCUT2D eigenvalue weighted by Crippen LogP contribution is 2.50. The highest BCUT2D eigenvalue weighted by atomic mass is 35.5. The lowest BCUT2D eigenvalue weighted by Crippen LogP contribution is -2.33. The third-order valence-corrected chi connectivity index (χ3v) is 7.14. The van der Waals surface area contributed by atoms with Crippen molar-refractivity contribution < 1.29 is 4.79 Å². The summed E-state index contributed by atoms with van der Waals surface area (Å²) in [6.45, 7) is 4.44. The first-order chi connectivity index (χ1) is 15.3. The van der Waals surface area contributed by atoms with Crippen molar-refractivity contribution >= 4 is 61.3 Å². The Morgan fingerprint density at radius 1 is 1.06 bits per heavy atom. The van der Waals surface area contributed by atoms with Gasteiger partial charge in [-0.1, -0.05) is 73.4 Å². The largest absolute Gasteiger partial charge is 0.351 e. The van der Waals surface area contributed by atoms with Crippen LogP contribution >= 0.6 is 34.5 Å². The van der Waals surface area contributed by atoms with Crippen molar-refractivity contribution in [2.24, 2.45) is 11.5 Å². The molecule has 0 fully saturated rings. The van der Waals surface area contributed by atoms with Crippen LogP contribution in [0.15, 0.2) is 60.7 Å². The summed E-state index contributed by atoms with van der Waals surface area (Å²) >= 11 is 14.4. The number of thiophene rings is 1. The average Bonchev–Trinajstić information content (AvgIpc) is 3.11. The van der Waals surface area contributed by atoms with Gasteiger partial charge in [-0.25, -0.2) is 4.79 Å². The highest BCUT2D eigenvalue weighted by molar-refractivity contribution is 7.24. The quantitative estimate of drug-likeness (QED) is 0.305. The van der Waals surface area contributed by atoms with Crippen molar-refractivity contribution in [3.8, 4) is 11.1 Å². The van der Waals surface area contributed by atoms with Crippen LogP contribution in [0.3, 0.4) is 0 Å². The number of hydrogen-bond donors (Lipinski definition) is 2. The Morgan fingerprint density at radius 2 is 1.81 bits per heavy atom. The molecule has 1 aromatic heterocycles. The Hall–Kier alpha value is -2.57. The van der Waals surface area contributed by atoms with E-state index in [2.05, 4.69) is 13.8 Å². The van der Waals surface area contributed by atoms with Crippen molar-refractivity contribution in [3.63, 3.8) is 0 Å². The van der Waals surface area contributed by atoms with E-state index in [0.29, 0.717) is 15.0 Å². The molecule has 0 bridgehead atoms. The predicted molar refractivity (Wildman–Crippen MR) is 137 cm³/mol. The number of hydrogen-bond acceptors (Lipinski definition) is 3. The van der Waals surface area contributed by atoms with Gasteiger partial charge >= 0.3 is 6.03 Å². The number of carbonyl (C=O) groups is 1. The van der Waals surface area contributed by atoms with Crippen LogP contribution in [0.4, 0.5) is 15.5 Å². The molecule has 0 unspecified atom stereocenters. The fraction of sp³-hybridized carbons (Fsp3) is 0.160. The number of rotatable bonds is 5. The fourth-order valence-corrected chi connectivity index (χ4v) is 5.58. The van der Waals surface area contributed by atoms with Crippen molar-refractivity contribution in [2.75, 3.05) is 4.90 Å². The maximum absolute atomic E-state index is 13.0. The Kier molecular flexibility index (Phi) is 6.45. The number of para-hydroxylation sites is 1. The molecule has 7 heteroatoms. The second-order valence-electron chi connectivity index (χ2n) is 7.79. The molecule has 0 radical (unpaired) electrons. The van der Waals surface area contributed by atoms with E-state index in [4.69, 9.17) is 34.7 Å². The number of carbonyl (C=O) groups excluding carboxylic acids is 1. The summed E-state index contributed by atoms with van der Waals surface area (Å²) in [7, 11) is 0. The number of benzene rings is 3. The van der Waals surface area contributed by atoms with E-state index < -0.39 is 6.03 Å². The number of urea groups is 1. The number of fused-ring (bicyclic) bond motifs is 1. The first-order valence-corrected chi connectivity index (χ1v) is 11.8. The molecule has 4 nitrogen and oxygen atoms in total. The van der Waals surface area contributed by atoms with Crippen LogP contribution in [0.2, 0.25) is 10.0 Å². The second kappa shape index (κ2) is 9.12. The molecule has 4 N–H and O–H groups in total. The zero-order valence-electron chi connectivity index (χ0n) is 17.7. The minimum Gasteiger partial charge on any atom is -0.351 e. The monoisotopic (exact) mass is 483 g/mol. The Morgan fingerprint density at radius 3 is 2.47 bits per heavy atom. The molecule has 0 aliphatic carbocycles. The number of halogens is 2. The van der Waals surface area contributed by atoms with E-state index in [1.54, 1.807) is 4.90 Å². The highest BCUT2D eigenvalue weighted by Gasteiger charge is 2.29. The summed E-state index contributed by atoms with van der Waals surface area (Å²) < 4.78 is 0.974. The number of anilines is 2. The predicted octanol–water partition coefficient (Wildman–Crippen LogP) is 7.67. The molecular weight excluding hydrogens is 461 g/mol. The molecular formula is C25H23Cl2N3OS. The lowest BCUT2D eigenvalue weighted by atomic mass is 9.96. The molecule has 4 rings (SSSR count). The lowest BCUT2D eigenvalue weighted by molar-refractivity contribution is 0.256. The number of amides is 2. The maximum atomic E-state index is 13.0. The van der Waals surface area contributed by atoms with E-state index in [1.807, 2.05) is 60.7 Å². The zero-order chi connectivity index (χ0) is 23.0. The van der Waals surface area contributed by atoms with E-state index in [-0.39, 0.29) is 12.5 Å². The zero-order valence-corrected chi connectivity index (χ0v) is 20.1. The normalized spacial score (nSPS) is 11.3. The van der Waals surface area contributed by atoms with Crippen LogP contribution in [0.5, 0.6) is 0 Å². The number of nitrogens with zero attached hydrogens (tertiary/aromatic N) is 1. The van der Waals surface area contributed by atoms with Crippen LogP contribution in [-0.2, 0) is 6.54 Å². The topological polar surface area (TPSA) is 72.3 Å². The van der Waals surface area contributed by atoms with Gasteiger partial charge < -0.3 is 11.5 Å². The molecule has 2 amide bonds.